The second-order valence-electron chi connectivity index (χ2n) is 4.37. The van der Waals surface area contributed by atoms with Gasteiger partial charge in [0.25, 0.3) is 0 Å². The lowest BCUT2D eigenvalue weighted by atomic mass is 10.5. The lowest BCUT2D eigenvalue weighted by molar-refractivity contribution is 0.0521. The second-order valence-corrected chi connectivity index (χ2v) is 5.63. The van der Waals surface area contributed by atoms with Crippen LogP contribution in [0.4, 0.5) is 4.79 Å². The van der Waals surface area contributed by atoms with Crippen LogP contribution in [0.25, 0.3) is 0 Å². The van der Waals surface area contributed by atoms with Crippen LogP contribution in [0.2, 0.25) is 0 Å². The SMILES string of the molecule is CN1CC(O)N(C2NCC(N(C)C)S2)C1=O. The number of carbonyl (C=O) groups excluding carboxylic acids is 1. The summed E-state index contributed by atoms with van der Waals surface area (Å²) in [4.78, 5) is 17.0. The first-order valence-electron chi connectivity index (χ1n) is 5.27. The van der Waals surface area contributed by atoms with Crippen LogP contribution in [0.1, 0.15) is 0 Å². The molecule has 0 aromatic carbocycles. The summed E-state index contributed by atoms with van der Waals surface area (Å²) < 4.78 is 0. The molecule has 0 aromatic heterocycles. The number of aliphatic hydroxyl groups excluding tert-OH is 1. The Balaban J connectivity index is 2.01. The van der Waals surface area contributed by atoms with Gasteiger partial charge in [-0.15, -0.1) is 11.8 Å². The van der Waals surface area contributed by atoms with Gasteiger partial charge in [-0.3, -0.25) is 15.1 Å². The molecule has 2 aliphatic heterocycles. The molecule has 3 atom stereocenters. The number of rotatable bonds is 2. The fourth-order valence-electron chi connectivity index (χ4n) is 1.91. The molecule has 2 rings (SSSR count). The molecule has 16 heavy (non-hydrogen) atoms. The zero-order valence-corrected chi connectivity index (χ0v) is 10.6. The monoisotopic (exact) mass is 246 g/mol. The van der Waals surface area contributed by atoms with E-state index in [1.165, 1.54) is 9.80 Å². The summed E-state index contributed by atoms with van der Waals surface area (Å²) in [6.07, 6.45) is -0.705. The molecule has 2 amide bonds. The zero-order valence-electron chi connectivity index (χ0n) is 9.75. The Hall–Kier alpha value is -0.500. The third kappa shape index (κ3) is 2.00. The number of urea groups is 1. The van der Waals surface area contributed by atoms with Crippen molar-refractivity contribution < 1.29 is 9.90 Å². The number of hydrogen-bond donors (Lipinski definition) is 2. The van der Waals surface area contributed by atoms with Crippen molar-refractivity contribution >= 4 is 17.8 Å². The van der Waals surface area contributed by atoms with Gasteiger partial charge in [0.1, 0.15) is 5.50 Å². The Kier molecular flexibility index (Phi) is 3.29. The summed E-state index contributed by atoms with van der Waals surface area (Å²) >= 11 is 1.66. The Morgan fingerprint density at radius 1 is 1.56 bits per heavy atom. The molecular formula is C9H18N4O2S. The van der Waals surface area contributed by atoms with Crippen molar-refractivity contribution in [2.75, 3.05) is 34.2 Å². The van der Waals surface area contributed by atoms with Gasteiger partial charge in [0.05, 0.1) is 11.9 Å². The fourth-order valence-corrected chi connectivity index (χ4v) is 3.19. The average Bonchev–Trinajstić information content (AvgIpc) is 2.74. The highest BCUT2D eigenvalue weighted by Gasteiger charge is 2.42. The van der Waals surface area contributed by atoms with Crippen LogP contribution in [0, 0.1) is 0 Å². The maximum atomic E-state index is 11.8. The quantitative estimate of drug-likeness (QED) is 0.667. The third-order valence-electron chi connectivity index (χ3n) is 2.89. The minimum Gasteiger partial charge on any atom is -0.371 e. The van der Waals surface area contributed by atoms with E-state index in [-0.39, 0.29) is 11.5 Å². The normalized spacial score (nSPS) is 35.6. The molecular weight excluding hydrogens is 228 g/mol. The van der Waals surface area contributed by atoms with Gasteiger partial charge in [0.15, 0.2) is 6.23 Å². The number of hydrogen-bond acceptors (Lipinski definition) is 5. The highest BCUT2D eigenvalue weighted by Crippen LogP contribution is 2.30. The van der Waals surface area contributed by atoms with Gasteiger partial charge in [0, 0.05) is 13.6 Å². The van der Waals surface area contributed by atoms with E-state index in [1.54, 1.807) is 18.8 Å². The number of carbonyl (C=O) groups is 1. The fraction of sp³-hybridized carbons (Fsp3) is 0.889. The van der Waals surface area contributed by atoms with E-state index in [1.807, 2.05) is 14.1 Å². The van der Waals surface area contributed by atoms with E-state index in [0.29, 0.717) is 11.9 Å². The highest BCUT2D eigenvalue weighted by atomic mass is 32.2. The van der Waals surface area contributed by atoms with Crippen LogP contribution in [0.15, 0.2) is 0 Å². The van der Waals surface area contributed by atoms with Crippen molar-refractivity contribution in [3.05, 3.63) is 0 Å². The summed E-state index contributed by atoms with van der Waals surface area (Å²) in [5, 5.41) is 13.4. The number of likely N-dealkylation sites (N-methyl/N-ethyl adjacent to an activating group) is 2. The third-order valence-corrected chi connectivity index (χ3v) is 4.44. The second kappa shape index (κ2) is 4.40. The first kappa shape index (κ1) is 12.0. The van der Waals surface area contributed by atoms with E-state index in [2.05, 4.69) is 10.2 Å². The Morgan fingerprint density at radius 2 is 2.25 bits per heavy atom. The summed E-state index contributed by atoms with van der Waals surface area (Å²) in [6.45, 7) is 1.20. The lowest BCUT2D eigenvalue weighted by Crippen LogP contribution is -2.46. The van der Waals surface area contributed by atoms with Gasteiger partial charge in [-0.25, -0.2) is 4.79 Å². The maximum absolute atomic E-state index is 11.8. The molecule has 0 bridgehead atoms. The number of amides is 2. The van der Waals surface area contributed by atoms with Gasteiger partial charge in [-0.1, -0.05) is 0 Å². The van der Waals surface area contributed by atoms with Crippen LogP contribution >= 0.6 is 11.8 Å². The van der Waals surface area contributed by atoms with Gasteiger partial charge in [-0.05, 0) is 14.1 Å². The Morgan fingerprint density at radius 3 is 2.69 bits per heavy atom. The number of β-amino-alcohol motifs (C(OH)–C–C–N with tert-alkyl or cyclic N) is 1. The standard InChI is InChI=1S/C9H18N4O2S/c1-11(2)7-4-10-8(16-7)13-6(14)5-12(3)9(13)15/h6-8,10,14H,4-5H2,1-3H3. The summed E-state index contributed by atoms with van der Waals surface area (Å²) in [5.41, 5.74) is -0.125. The average molecular weight is 246 g/mol. The predicted octanol–water partition coefficient (Wildman–Crippen LogP) is -0.820. The first-order chi connectivity index (χ1) is 7.50. The van der Waals surface area contributed by atoms with E-state index in [9.17, 15) is 9.90 Å². The van der Waals surface area contributed by atoms with Crippen molar-refractivity contribution in [3.8, 4) is 0 Å². The van der Waals surface area contributed by atoms with Crippen molar-refractivity contribution in [2.45, 2.75) is 17.1 Å². The molecule has 6 nitrogen and oxygen atoms in total. The van der Waals surface area contributed by atoms with E-state index in [0.717, 1.165) is 6.54 Å². The lowest BCUT2D eigenvalue weighted by Gasteiger charge is -2.26. The molecule has 0 spiro atoms. The molecule has 0 aromatic rings. The van der Waals surface area contributed by atoms with E-state index >= 15 is 0 Å². The van der Waals surface area contributed by atoms with Gasteiger partial charge in [-0.2, -0.15) is 0 Å². The number of nitrogens with one attached hydrogen (secondary N) is 1. The Bertz CT molecular complexity index is 289. The van der Waals surface area contributed by atoms with Gasteiger partial charge in [0.2, 0.25) is 0 Å². The topological polar surface area (TPSA) is 59.1 Å². The molecule has 2 heterocycles. The Labute approximate surface area is 99.6 Å². The molecule has 0 aliphatic carbocycles. The molecule has 2 fully saturated rings. The van der Waals surface area contributed by atoms with Crippen molar-refractivity contribution in [3.63, 3.8) is 0 Å². The molecule has 92 valence electrons. The maximum Gasteiger partial charge on any atom is 0.323 e. The van der Waals surface area contributed by atoms with E-state index in [4.69, 9.17) is 0 Å². The van der Waals surface area contributed by atoms with Crippen LogP contribution in [0.3, 0.4) is 0 Å². The minimum absolute atomic E-state index is 0.114. The summed E-state index contributed by atoms with van der Waals surface area (Å²) in [7, 11) is 5.72. The van der Waals surface area contributed by atoms with E-state index < -0.39 is 6.23 Å². The highest BCUT2D eigenvalue weighted by molar-refractivity contribution is 8.00. The van der Waals surface area contributed by atoms with Crippen molar-refractivity contribution in [1.82, 2.24) is 20.0 Å². The van der Waals surface area contributed by atoms with Crippen LogP contribution in [-0.2, 0) is 0 Å². The molecule has 0 saturated carbocycles. The number of thioether (sulfide) groups is 1. The van der Waals surface area contributed by atoms with Crippen LogP contribution in [0.5, 0.6) is 0 Å². The largest absolute Gasteiger partial charge is 0.371 e. The smallest absolute Gasteiger partial charge is 0.323 e. The molecule has 2 N–H and O–H groups in total. The minimum atomic E-state index is -0.705. The molecule has 0 radical (unpaired) electrons. The van der Waals surface area contributed by atoms with Gasteiger partial charge >= 0.3 is 6.03 Å². The van der Waals surface area contributed by atoms with Crippen molar-refractivity contribution in [2.24, 2.45) is 0 Å². The number of nitrogens with zero attached hydrogens (tertiary/aromatic N) is 3. The van der Waals surface area contributed by atoms with Gasteiger partial charge < -0.3 is 10.0 Å². The molecule has 2 saturated heterocycles. The first-order valence-corrected chi connectivity index (χ1v) is 6.21. The van der Waals surface area contributed by atoms with Crippen molar-refractivity contribution in [1.29, 1.82) is 0 Å². The zero-order chi connectivity index (χ0) is 11.9. The van der Waals surface area contributed by atoms with Crippen LogP contribution < -0.4 is 5.32 Å². The summed E-state index contributed by atoms with van der Waals surface area (Å²) in [5.74, 6) is 0. The van der Waals surface area contributed by atoms with Crippen LogP contribution in [-0.4, -0.2) is 77.2 Å². The predicted molar refractivity (Wildman–Crippen MR) is 62.7 cm³/mol. The molecule has 7 heteroatoms. The number of aliphatic hydroxyl groups is 1. The molecule has 3 unspecified atom stereocenters. The molecule has 2 aliphatic rings. The summed E-state index contributed by atoms with van der Waals surface area (Å²) in [6, 6.07) is -0.114.